The molecular weight excluding hydrogens is 207 g/mol. The summed E-state index contributed by atoms with van der Waals surface area (Å²) in [4.78, 5) is 0. The van der Waals surface area contributed by atoms with Gasteiger partial charge in [0.15, 0.2) is 0 Å². The highest BCUT2D eigenvalue weighted by Gasteiger charge is 2.02. The summed E-state index contributed by atoms with van der Waals surface area (Å²) in [6, 6.07) is 3.10. The van der Waals surface area contributed by atoms with Crippen LogP contribution in [0, 0.1) is 12.7 Å². The van der Waals surface area contributed by atoms with Gasteiger partial charge in [-0.3, -0.25) is 0 Å². The van der Waals surface area contributed by atoms with Crippen molar-refractivity contribution in [3.63, 3.8) is 0 Å². The lowest BCUT2D eigenvalue weighted by molar-refractivity contribution is 0.624. The summed E-state index contributed by atoms with van der Waals surface area (Å²) in [7, 11) is 0. The summed E-state index contributed by atoms with van der Waals surface area (Å²) in [5, 5.41) is 0. The van der Waals surface area contributed by atoms with Crippen LogP contribution in [0.1, 0.15) is 18.1 Å². The molecule has 0 fully saturated rings. The van der Waals surface area contributed by atoms with Gasteiger partial charge in [0.1, 0.15) is 5.82 Å². The molecule has 1 aromatic carbocycles. The Morgan fingerprint density at radius 3 is 2.64 bits per heavy atom. The van der Waals surface area contributed by atoms with E-state index in [0.29, 0.717) is 0 Å². The zero-order valence-corrected chi connectivity index (χ0v) is 8.20. The van der Waals surface area contributed by atoms with Crippen LogP contribution in [-0.2, 0) is 6.42 Å². The predicted molar refractivity (Wildman–Crippen MR) is 48.2 cm³/mol. The summed E-state index contributed by atoms with van der Waals surface area (Å²) in [6.07, 6.45) is 0.860. The molecule has 0 aliphatic rings. The van der Waals surface area contributed by atoms with Crippen LogP contribution in [0.15, 0.2) is 16.6 Å². The molecule has 0 heterocycles. The lowest BCUT2D eigenvalue weighted by Crippen LogP contribution is -1.88. The van der Waals surface area contributed by atoms with Crippen molar-refractivity contribution in [2.45, 2.75) is 20.3 Å². The summed E-state index contributed by atoms with van der Waals surface area (Å²) in [6.45, 7) is 3.91. The minimum atomic E-state index is -0.150. The van der Waals surface area contributed by atoms with Gasteiger partial charge in [-0.15, -0.1) is 0 Å². The molecular formula is C9H10BrF. The largest absolute Gasteiger partial charge is 0.207 e. The molecule has 0 aliphatic carbocycles. The second-order valence-electron chi connectivity index (χ2n) is 2.55. The normalized spacial score (nSPS) is 10.2. The van der Waals surface area contributed by atoms with Gasteiger partial charge in [-0.2, -0.15) is 0 Å². The van der Waals surface area contributed by atoms with Gasteiger partial charge in [0, 0.05) is 4.47 Å². The zero-order chi connectivity index (χ0) is 8.43. The highest BCUT2D eigenvalue weighted by Crippen LogP contribution is 2.22. The molecule has 0 bridgehead atoms. The van der Waals surface area contributed by atoms with E-state index >= 15 is 0 Å². The van der Waals surface area contributed by atoms with Gasteiger partial charge in [-0.1, -0.05) is 22.9 Å². The first kappa shape index (κ1) is 8.72. The Kier molecular flexibility index (Phi) is 2.66. The molecule has 2 heteroatoms. The smallest absolute Gasteiger partial charge is 0.123 e. The average Bonchev–Trinajstić information content (AvgIpc) is 1.96. The van der Waals surface area contributed by atoms with Crippen molar-refractivity contribution in [1.82, 2.24) is 0 Å². The van der Waals surface area contributed by atoms with E-state index in [9.17, 15) is 4.39 Å². The number of aryl methyl sites for hydroxylation is 2. The molecule has 0 nitrogen and oxygen atoms in total. The third-order valence-electron chi connectivity index (χ3n) is 1.68. The van der Waals surface area contributed by atoms with E-state index in [2.05, 4.69) is 15.9 Å². The molecule has 1 rings (SSSR count). The van der Waals surface area contributed by atoms with Gasteiger partial charge < -0.3 is 0 Å². The van der Waals surface area contributed by atoms with Crippen molar-refractivity contribution in [1.29, 1.82) is 0 Å². The molecule has 0 unspecified atom stereocenters. The molecule has 60 valence electrons. The van der Waals surface area contributed by atoms with Gasteiger partial charge in [-0.25, -0.2) is 4.39 Å². The molecule has 1 aromatic rings. The van der Waals surface area contributed by atoms with Crippen molar-refractivity contribution in [3.8, 4) is 0 Å². The highest BCUT2D eigenvalue weighted by molar-refractivity contribution is 9.10. The van der Waals surface area contributed by atoms with Crippen LogP contribution in [-0.4, -0.2) is 0 Å². The maximum atomic E-state index is 12.8. The summed E-state index contributed by atoms with van der Waals surface area (Å²) < 4.78 is 13.8. The fourth-order valence-electron chi connectivity index (χ4n) is 1.05. The first-order valence-electron chi connectivity index (χ1n) is 3.59. The van der Waals surface area contributed by atoms with Crippen molar-refractivity contribution in [2.75, 3.05) is 0 Å². The topological polar surface area (TPSA) is 0 Å². The molecule has 0 radical (unpaired) electrons. The maximum absolute atomic E-state index is 12.8. The van der Waals surface area contributed by atoms with Crippen LogP contribution < -0.4 is 0 Å². The summed E-state index contributed by atoms with van der Waals surface area (Å²) in [5.41, 5.74) is 1.99. The van der Waals surface area contributed by atoms with E-state index in [-0.39, 0.29) is 5.82 Å². The molecule has 0 saturated carbocycles. The Hall–Kier alpha value is -0.370. The van der Waals surface area contributed by atoms with Gasteiger partial charge >= 0.3 is 0 Å². The monoisotopic (exact) mass is 216 g/mol. The standard InChI is InChI=1S/C9H10BrF/c1-3-7-5-8(11)4-6(2)9(7)10/h4-5H,3H2,1-2H3. The second kappa shape index (κ2) is 3.35. The number of hydrogen-bond acceptors (Lipinski definition) is 0. The van der Waals surface area contributed by atoms with E-state index in [1.54, 1.807) is 6.07 Å². The van der Waals surface area contributed by atoms with E-state index < -0.39 is 0 Å². The minimum absolute atomic E-state index is 0.150. The highest BCUT2D eigenvalue weighted by atomic mass is 79.9. The van der Waals surface area contributed by atoms with Crippen molar-refractivity contribution in [3.05, 3.63) is 33.5 Å². The van der Waals surface area contributed by atoms with Gasteiger partial charge in [0.25, 0.3) is 0 Å². The second-order valence-corrected chi connectivity index (χ2v) is 3.34. The maximum Gasteiger partial charge on any atom is 0.123 e. The third-order valence-corrected chi connectivity index (χ3v) is 2.81. The molecule has 0 N–H and O–H groups in total. The van der Waals surface area contributed by atoms with E-state index in [1.807, 2.05) is 13.8 Å². The van der Waals surface area contributed by atoms with E-state index in [1.165, 1.54) is 6.07 Å². The molecule has 0 amide bonds. The Balaban J connectivity index is 3.24. The van der Waals surface area contributed by atoms with Crippen LogP contribution in [0.4, 0.5) is 4.39 Å². The van der Waals surface area contributed by atoms with Crippen molar-refractivity contribution >= 4 is 15.9 Å². The van der Waals surface area contributed by atoms with Crippen LogP contribution >= 0.6 is 15.9 Å². The summed E-state index contributed by atoms with van der Waals surface area (Å²) >= 11 is 3.41. The van der Waals surface area contributed by atoms with E-state index in [0.717, 1.165) is 22.0 Å². The zero-order valence-electron chi connectivity index (χ0n) is 6.62. The number of rotatable bonds is 1. The van der Waals surface area contributed by atoms with Crippen LogP contribution in [0.3, 0.4) is 0 Å². The number of halogens is 2. The Morgan fingerprint density at radius 2 is 2.09 bits per heavy atom. The van der Waals surface area contributed by atoms with Crippen LogP contribution in [0.2, 0.25) is 0 Å². The third kappa shape index (κ3) is 1.80. The lowest BCUT2D eigenvalue weighted by atomic mass is 10.1. The van der Waals surface area contributed by atoms with Gasteiger partial charge in [-0.05, 0) is 36.6 Å². The van der Waals surface area contributed by atoms with Crippen LogP contribution in [0.5, 0.6) is 0 Å². The molecule has 0 atom stereocenters. The molecule has 0 spiro atoms. The molecule has 0 aromatic heterocycles. The SMILES string of the molecule is CCc1cc(F)cc(C)c1Br. The average molecular weight is 217 g/mol. The van der Waals surface area contributed by atoms with Gasteiger partial charge in [0.05, 0.1) is 0 Å². The fourth-order valence-corrected chi connectivity index (χ4v) is 1.56. The molecule has 0 aliphatic heterocycles. The van der Waals surface area contributed by atoms with Gasteiger partial charge in [0.2, 0.25) is 0 Å². The number of benzene rings is 1. The first-order valence-corrected chi connectivity index (χ1v) is 4.39. The summed E-state index contributed by atoms with van der Waals surface area (Å²) in [5.74, 6) is -0.150. The Morgan fingerprint density at radius 1 is 1.45 bits per heavy atom. The quantitative estimate of drug-likeness (QED) is 0.675. The Labute approximate surface area is 74.6 Å². The predicted octanol–water partition coefficient (Wildman–Crippen LogP) is 3.46. The van der Waals surface area contributed by atoms with Crippen molar-refractivity contribution < 1.29 is 4.39 Å². The molecule has 0 saturated heterocycles. The minimum Gasteiger partial charge on any atom is -0.207 e. The molecule has 11 heavy (non-hydrogen) atoms. The van der Waals surface area contributed by atoms with Crippen molar-refractivity contribution in [2.24, 2.45) is 0 Å². The Bertz CT molecular complexity index is 269. The van der Waals surface area contributed by atoms with Crippen LogP contribution in [0.25, 0.3) is 0 Å². The lowest BCUT2D eigenvalue weighted by Gasteiger charge is -2.04. The number of hydrogen-bond donors (Lipinski definition) is 0. The van der Waals surface area contributed by atoms with E-state index in [4.69, 9.17) is 0 Å². The fraction of sp³-hybridized carbons (Fsp3) is 0.333. The first-order chi connectivity index (χ1) is 5.15.